The van der Waals surface area contributed by atoms with E-state index in [1.165, 1.54) is 35.5 Å². The highest BCUT2D eigenvalue weighted by Gasteiger charge is 2.22. The standard InChI is InChI=1S/C18H27N5OS/c1-21(2)14-3-5-22(6-4-14)12-15-11-16-17(25-15)18(20-13-19-16)23-7-9-24-10-8-23/h11,13-14H,3-10,12H2,1-2H3. The number of ether oxygens (including phenoxy) is 1. The topological polar surface area (TPSA) is 44.7 Å². The normalized spacial score (nSPS) is 20.7. The number of thiophene rings is 1. The molecule has 0 radical (unpaired) electrons. The smallest absolute Gasteiger partial charge is 0.150 e. The molecule has 2 aromatic heterocycles. The zero-order chi connectivity index (χ0) is 17.2. The van der Waals surface area contributed by atoms with Crippen molar-refractivity contribution in [3.8, 4) is 0 Å². The van der Waals surface area contributed by atoms with E-state index < -0.39 is 0 Å². The van der Waals surface area contributed by atoms with Gasteiger partial charge in [-0.05, 0) is 33.0 Å². The van der Waals surface area contributed by atoms with E-state index in [0.29, 0.717) is 0 Å². The molecule has 0 aliphatic carbocycles. The second kappa shape index (κ2) is 7.53. The molecule has 0 amide bonds. The fraction of sp³-hybridized carbons (Fsp3) is 0.667. The molecule has 0 bridgehead atoms. The predicted molar refractivity (Wildman–Crippen MR) is 102 cm³/mol. The molecule has 4 rings (SSSR count). The first kappa shape index (κ1) is 17.1. The van der Waals surface area contributed by atoms with Gasteiger partial charge in [0.25, 0.3) is 0 Å². The molecular weight excluding hydrogens is 334 g/mol. The van der Waals surface area contributed by atoms with E-state index in [2.05, 4.69) is 44.8 Å². The van der Waals surface area contributed by atoms with Crippen molar-refractivity contribution < 1.29 is 4.74 Å². The van der Waals surface area contributed by atoms with Crippen LogP contribution in [0.3, 0.4) is 0 Å². The van der Waals surface area contributed by atoms with Crippen molar-refractivity contribution >= 4 is 27.4 Å². The quantitative estimate of drug-likeness (QED) is 0.831. The Bertz CT molecular complexity index is 705. The number of nitrogens with zero attached hydrogens (tertiary/aromatic N) is 5. The number of aromatic nitrogens is 2. The molecular formula is C18H27N5OS. The first-order chi connectivity index (χ1) is 12.2. The van der Waals surface area contributed by atoms with Gasteiger partial charge >= 0.3 is 0 Å². The van der Waals surface area contributed by atoms with Crippen molar-refractivity contribution in [2.45, 2.75) is 25.4 Å². The first-order valence-electron chi connectivity index (χ1n) is 9.15. The largest absolute Gasteiger partial charge is 0.378 e. The van der Waals surface area contributed by atoms with Crippen LogP contribution in [-0.4, -0.2) is 79.3 Å². The number of rotatable bonds is 4. The Morgan fingerprint density at radius 3 is 2.64 bits per heavy atom. The van der Waals surface area contributed by atoms with Gasteiger partial charge in [0.05, 0.1) is 23.4 Å². The maximum Gasteiger partial charge on any atom is 0.150 e. The highest BCUT2D eigenvalue weighted by molar-refractivity contribution is 7.19. The van der Waals surface area contributed by atoms with Gasteiger partial charge < -0.3 is 14.5 Å². The Labute approximate surface area is 153 Å². The number of likely N-dealkylation sites (tertiary alicyclic amines) is 1. The molecule has 4 heterocycles. The van der Waals surface area contributed by atoms with Crippen LogP contribution in [0, 0.1) is 0 Å². The summed E-state index contributed by atoms with van der Waals surface area (Å²) in [6.07, 6.45) is 4.22. The molecule has 0 unspecified atom stereocenters. The molecule has 0 N–H and O–H groups in total. The van der Waals surface area contributed by atoms with E-state index in [1.807, 2.05) is 11.3 Å². The van der Waals surface area contributed by atoms with Crippen LogP contribution in [0.4, 0.5) is 5.82 Å². The van der Waals surface area contributed by atoms with Gasteiger partial charge in [-0.1, -0.05) is 0 Å². The lowest BCUT2D eigenvalue weighted by atomic mass is 10.0. The number of piperidine rings is 1. The fourth-order valence-corrected chi connectivity index (χ4v) is 4.95. The summed E-state index contributed by atoms with van der Waals surface area (Å²) in [6, 6.07) is 2.99. The number of fused-ring (bicyclic) bond motifs is 1. The molecule has 7 heteroatoms. The van der Waals surface area contributed by atoms with Crippen LogP contribution in [0.2, 0.25) is 0 Å². The van der Waals surface area contributed by atoms with Crippen LogP contribution in [0.25, 0.3) is 10.2 Å². The maximum atomic E-state index is 5.47. The Kier molecular flexibility index (Phi) is 5.17. The average molecular weight is 362 g/mol. The van der Waals surface area contributed by atoms with Crippen LogP contribution < -0.4 is 4.90 Å². The van der Waals surface area contributed by atoms with Crippen molar-refractivity contribution in [2.75, 3.05) is 58.4 Å². The van der Waals surface area contributed by atoms with Crippen molar-refractivity contribution in [3.63, 3.8) is 0 Å². The summed E-state index contributed by atoms with van der Waals surface area (Å²) in [4.78, 5) is 17.7. The van der Waals surface area contributed by atoms with Crippen LogP contribution in [0.1, 0.15) is 17.7 Å². The lowest BCUT2D eigenvalue weighted by molar-refractivity contribution is 0.122. The zero-order valence-electron chi connectivity index (χ0n) is 15.1. The molecule has 0 saturated carbocycles. The summed E-state index contributed by atoms with van der Waals surface area (Å²) >= 11 is 1.86. The van der Waals surface area contributed by atoms with Crippen LogP contribution in [-0.2, 0) is 11.3 Å². The summed E-state index contributed by atoms with van der Waals surface area (Å²) in [5.41, 5.74) is 1.08. The zero-order valence-corrected chi connectivity index (χ0v) is 16.0. The second-order valence-electron chi connectivity index (χ2n) is 7.19. The van der Waals surface area contributed by atoms with E-state index in [4.69, 9.17) is 4.74 Å². The van der Waals surface area contributed by atoms with Gasteiger partial charge in [0, 0.05) is 43.6 Å². The third-order valence-corrected chi connectivity index (χ3v) is 6.43. The molecule has 2 saturated heterocycles. The second-order valence-corrected chi connectivity index (χ2v) is 8.33. The van der Waals surface area contributed by atoms with Gasteiger partial charge in [0.15, 0.2) is 0 Å². The van der Waals surface area contributed by atoms with Crippen molar-refractivity contribution in [2.24, 2.45) is 0 Å². The Morgan fingerprint density at radius 1 is 1.16 bits per heavy atom. The molecule has 2 aliphatic rings. The highest BCUT2D eigenvalue weighted by Crippen LogP contribution is 2.32. The predicted octanol–water partition coefficient (Wildman–Crippen LogP) is 2.05. The van der Waals surface area contributed by atoms with Crippen molar-refractivity contribution in [3.05, 3.63) is 17.3 Å². The Morgan fingerprint density at radius 2 is 1.92 bits per heavy atom. The van der Waals surface area contributed by atoms with Gasteiger partial charge in [-0.25, -0.2) is 9.97 Å². The van der Waals surface area contributed by atoms with Gasteiger partial charge in [-0.3, -0.25) is 4.90 Å². The maximum absolute atomic E-state index is 5.47. The highest BCUT2D eigenvalue weighted by atomic mass is 32.1. The molecule has 6 nitrogen and oxygen atoms in total. The number of morpholine rings is 1. The van der Waals surface area contributed by atoms with Crippen molar-refractivity contribution in [1.82, 2.24) is 19.8 Å². The lowest BCUT2D eigenvalue weighted by Gasteiger charge is -2.34. The molecule has 136 valence electrons. The minimum Gasteiger partial charge on any atom is -0.378 e. The minimum atomic E-state index is 0.734. The SMILES string of the molecule is CN(C)C1CCN(Cc2cc3ncnc(N4CCOCC4)c3s2)CC1. The Hall–Kier alpha value is -1.28. The molecule has 2 aromatic rings. The van der Waals surface area contributed by atoms with E-state index >= 15 is 0 Å². The van der Waals surface area contributed by atoms with Gasteiger partial charge in [-0.15, -0.1) is 11.3 Å². The molecule has 0 spiro atoms. The lowest BCUT2D eigenvalue weighted by Crippen LogP contribution is -2.41. The molecule has 0 atom stereocenters. The number of hydrogen-bond acceptors (Lipinski definition) is 7. The van der Waals surface area contributed by atoms with Crippen LogP contribution >= 0.6 is 11.3 Å². The summed E-state index contributed by atoms with van der Waals surface area (Å²) in [5, 5.41) is 0. The first-order valence-corrected chi connectivity index (χ1v) is 9.97. The summed E-state index contributed by atoms with van der Waals surface area (Å²) in [5.74, 6) is 1.08. The summed E-state index contributed by atoms with van der Waals surface area (Å²) in [7, 11) is 4.39. The van der Waals surface area contributed by atoms with Gasteiger partial charge in [0.2, 0.25) is 0 Å². The Balaban J connectivity index is 1.48. The van der Waals surface area contributed by atoms with E-state index in [9.17, 15) is 0 Å². The molecule has 0 aromatic carbocycles. The van der Waals surface area contributed by atoms with Gasteiger partial charge in [-0.2, -0.15) is 0 Å². The number of hydrogen-bond donors (Lipinski definition) is 0. The average Bonchev–Trinajstić information content (AvgIpc) is 3.05. The van der Waals surface area contributed by atoms with E-state index in [-0.39, 0.29) is 0 Å². The monoisotopic (exact) mass is 361 g/mol. The summed E-state index contributed by atoms with van der Waals surface area (Å²) in [6.45, 7) is 6.78. The fourth-order valence-electron chi connectivity index (χ4n) is 3.78. The van der Waals surface area contributed by atoms with Crippen LogP contribution in [0.15, 0.2) is 12.4 Å². The van der Waals surface area contributed by atoms with Crippen LogP contribution in [0.5, 0.6) is 0 Å². The number of anilines is 1. The van der Waals surface area contributed by atoms with E-state index in [1.54, 1.807) is 6.33 Å². The van der Waals surface area contributed by atoms with Gasteiger partial charge in [0.1, 0.15) is 12.1 Å². The summed E-state index contributed by atoms with van der Waals surface area (Å²) < 4.78 is 6.70. The third kappa shape index (κ3) is 3.79. The molecule has 2 fully saturated rings. The van der Waals surface area contributed by atoms with E-state index in [0.717, 1.165) is 50.2 Å². The third-order valence-electron chi connectivity index (χ3n) is 5.32. The van der Waals surface area contributed by atoms with Crippen molar-refractivity contribution in [1.29, 1.82) is 0 Å². The minimum absolute atomic E-state index is 0.734. The molecule has 25 heavy (non-hydrogen) atoms. The molecule has 2 aliphatic heterocycles.